The van der Waals surface area contributed by atoms with Crippen LogP contribution in [-0.4, -0.2) is 62.4 Å². The van der Waals surface area contributed by atoms with E-state index < -0.39 is 10.0 Å². The maximum absolute atomic E-state index is 13.2. The number of hydrogen-bond donors (Lipinski definition) is 2. The van der Waals surface area contributed by atoms with Gasteiger partial charge in [0.25, 0.3) is 0 Å². The predicted molar refractivity (Wildman–Crippen MR) is 116 cm³/mol. The highest BCUT2D eigenvalue weighted by Gasteiger charge is 2.31. The fourth-order valence-corrected chi connectivity index (χ4v) is 5.89. The third-order valence-corrected chi connectivity index (χ3v) is 8.22. The van der Waals surface area contributed by atoms with Crippen LogP contribution in [0.15, 0.2) is 29.2 Å². The SMILES string of the molecule is CCN1CCC(NC(=O)Nc2ccccc2S(=O)(=O)N(C)C2CCCCC2)CC1. The second-order valence-corrected chi connectivity index (χ2v) is 10.1. The molecule has 162 valence electrons. The van der Waals surface area contributed by atoms with E-state index in [1.165, 1.54) is 10.7 Å². The smallest absolute Gasteiger partial charge is 0.319 e. The molecule has 0 aromatic heterocycles. The fraction of sp³-hybridized carbons (Fsp3) is 0.667. The first kappa shape index (κ1) is 22.1. The summed E-state index contributed by atoms with van der Waals surface area (Å²) in [5, 5.41) is 5.78. The minimum atomic E-state index is -3.67. The van der Waals surface area contributed by atoms with Crippen molar-refractivity contribution in [3.63, 3.8) is 0 Å². The predicted octanol–water partition coefficient (Wildman–Crippen LogP) is 3.25. The molecule has 8 heteroatoms. The van der Waals surface area contributed by atoms with E-state index in [9.17, 15) is 13.2 Å². The standard InChI is InChI=1S/C21H34N4O3S/c1-3-25-15-13-17(14-16-25)22-21(26)23-19-11-7-8-12-20(19)29(27,28)24(2)18-9-5-4-6-10-18/h7-8,11-12,17-18H,3-6,9-10,13-16H2,1-2H3,(H2,22,23,26). The highest BCUT2D eigenvalue weighted by molar-refractivity contribution is 7.89. The lowest BCUT2D eigenvalue weighted by Gasteiger charge is -2.32. The highest BCUT2D eigenvalue weighted by atomic mass is 32.2. The van der Waals surface area contributed by atoms with Crippen LogP contribution in [0.25, 0.3) is 0 Å². The second-order valence-electron chi connectivity index (χ2n) is 8.12. The van der Waals surface area contributed by atoms with Gasteiger partial charge in [0.2, 0.25) is 10.0 Å². The molecule has 1 saturated carbocycles. The molecule has 2 N–H and O–H groups in total. The molecule has 1 heterocycles. The Hall–Kier alpha value is -1.64. The first-order chi connectivity index (χ1) is 13.9. The van der Waals surface area contributed by atoms with Gasteiger partial charge >= 0.3 is 6.03 Å². The van der Waals surface area contributed by atoms with Gasteiger partial charge in [0, 0.05) is 32.2 Å². The van der Waals surface area contributed by atoms with Crippen molar-refractivity contribution in [2.24, 2.45) is 0 Å². The van der Waals surface area contributed by atoms with Gasteiger partial charge in [-0.25, -0.2) is 13.2 Å². The lowest BCUT2D eigenvalue weighted by Crippen LogP contribution is -2.46. The van der Waals surface area contributed by atoms with E-state index in [0.717, 1.165) is 58.2 Å². The number of likely N-dealkylation sites (tertiary alicyclic amines) is 1. The summed E-state index contributed by atoms with van der Waals surface area (Å²) in [5.41, 5.74) is 0.332. The number of anilines is 1. The summed E-state index contributed by atoms with van der Waals surface area (Å²) in [6.07, 6.45) is 6.88. The number of carbonyl (C=O) groups is 1. The summed E-state index contributed by atoms with van der Waals surface area (Å²) in [7, 11) is -2.02. The minimum Gasteiger partial charge on any atom is -0.335 e. The van der Waals surface area contributed by atoms with Gasteiger partial charge in [-0.3, -0.25) is 0 Å². The lowest BCUT2D eigenvalue weighted by atomic mass is 9.96. The van der Waals surface area contributed by atoms with Crippen LogP contribution in [-0.2, 0) is 10.0 Å². The number of nitrogens with zero attached hydrogens (tertiary/aromatic N) is 2. The molecule has 29 heavy (non-hydrogen) atoms. The molecule has 0 bridgehead atoms. The summed E-state index contributed by atoms with van der Waals surface area (Å²) in [6.45, 7) is 5.11. The third kappa shape index (κ3) is 5.49. The Morgan fingerprint density at radius 1 is 1.10 bits per heavy atom. The summed E-state index contributed by atoms with van der Waals surface area (Å²) < 4.78 is 28.0. The van der Waals surface area contributed by atoms with Gasteiger partial charge in [0.1, 0.15) is 4.90 Å². The number of benzene rings is 1. The second kappa shape index (κ2) is 9.91. The van der Waals surface area contributed by atoms with Gasteiger partial charge in [0.15, 0.2) is 0 Å². The van der Waals surface area contributed by atoms with Gasteiger partial charge in [-0.2, -0.15) is 4.31 Å². The molecule has 1 aliphatic heterocycles. The zero-order valence-electron chi connectivity index (χ0n) is 17.6. The molecular formula is C21H34N4O3S. The molecule has 2 amide bonds. The van der Waals surface area contributed by atoms with Crippen molar-refractivity contribution in [3.05, 3.63) is 24.3 Å². The van der Waals surface area contributed by atoms with Crippen molar-refractivity contribution in [1.82, 2.24) is 14.5 Å². The van der Waals surface area contributed by atoms with Gasteiger partial charge in [-0.15, -0.1) is 0 Å². The molecule has 1 aliphatic carbocycles. The molecule has 0 atom stereocenters. The normalized spacial score (nSPS) is 20.0. The largest absolute Gasteiger partial charge is 0.335 e. The number of rotatable bonds is 6. The van der Waals surface area contributed by atoms with Crippen LogP contribution in [0.3, 0.4) is 0 Å². The zero-order valence-corrected chi connectivity index (χ0v) is 18.4. The van der Waals surface area contributed by atoms with Crippen molar-refractivity contribution in [3.8, 4) is 0 Å². The van der Waals surface area contributed by atoms with Crippen LogP contribution < -0.4 is 10.6 Å². The Morgan fingerprint density at radius 3 is 2.41 bits per heavy atom. The molecule has 0 radical (unpaired) electrons. The van der Waals surface area contributed by atoms with Gasteiger partial charge in [0.05, 0.1) is 5.69 Å². The maximum Gasteiger partial charge on any atom is 0.319 e. The Kier molecular flexibility index (Phi) is 7.54. The van der Waals surface area contributed by atoms with Gasteiger partial charge < -0.3 is 15.5 Å². The molecule has 2 aliphatic rings. The summed E-state index contributed by atoms with van der Waals surface area (Å²) >= 11 is 0. The van der Waals surface area contributed by atoms with Crippen LogP contribution in [0.5, 0.6) is 0 Å². The van der Waals surface area contributed by atoms with E-state index in [1.807, 2.05) is 0 Å². The van der Waals surface area contributed by atoms with Crippen molar-refractivity contribution in [2.45, 2.75) is 68.8 Å². The summed E-state index contributed by atoms with van der Waals surface area (Å²) in [4.78, 5) is 15.1. The van der Waals surface area contributed by atoms with Crippen molar-refractivity contribution in [1.29, 1.82) is 0 Å². The van der Waals surface area contributed by atoms with Crippen LogP contribution >= 0.6 is 0 Å². The van der Waals surface area contributed by atoms with Crippen LogP contribution in [0.1, 0.15) is 51.9 Å². The van der Waals surface area contributed by atoms with E-state index >= 15 is 0 Å². The number of carbonyl (C=O) groups excluding carboxylic acids is 1. The van der Waals surface area contributed by atoms with E-state index in [1.54, 1.807) is 31.3 Å². The third-order valence-electron chi connectivity index (χ3n) is 6.25. The number of nitrogens with one attached hydrogen (secondary N) is 2. The molecule has 7 nitrogen and oxygen atoms in total. The van der Waals surface area contributed by atoms with Crippen molar-refractivity contribution < 1.29 is 13.2 Å². The Bertz CT molecular complexity index is 785. The molecule has 1 saturated heterocycles. The Balaban J connectivity index is 1.67. The minimum absolute atomic E-state index is 0.0272. The quantitative estimate of drug-likeness (QED) is 0.737. The number of piperidine rings is 1. The monoisotopic (exact) mass is 422 g/mol. The Morgan fingerprint density at radius 2 is 1.76 bits per heavy atom. The lowest BCUT2D eigenvalue weighted by molar-refractivity contribution is 0.203. The van der Waals surface area contributed by atoms with Gasteiger partial charge in [-0.1, -0.05) is 38.3 Å². The molecule has 1 aromatic rings. The molecule has 2 fully saturated rings. The van der Waals surface area contributed by atoms with Gasteiger partial charge in [-0.05, 0) is 44.4 Å². The molecule has 0 unspecified atom stereocenters. The van der Waals surface area contributed by atoms with E-state index in [-0.39, 0.29) is 23.0 Å². The Labute approximate surface area is 174 Å². The topological polar surface area (TPSA) is 81.8 Å². The van der Waals surface area contributed by atoms with E-state index in [0.29, 0.717) is 5.69 Å². The number of hydrogen-bond acceptors (Lipinski definition) is 4. The summed E-state index contributed by atoms with van der Waals surface area (Å²) in [6, 6.07) is 6.47. The number of para-hydroxylation sites is 1. The molecular weight excluding hydrogens is 388 g/mol. The average Bonchev–Trinajstić information content (AvgIpc) is 2.74. The number of urea groups is 1. The number of sulfonamides is 1. The molecule has 0 spiro atoms. The average molecular weight is 423 g/mol. The van der Waals surface area contributed by atoms with Crippen molar-refractivity contribution in [2.75, 3.05) is 32.0 Å². The van der Waals surface area contributed by atoms with Crippen LogP contribution in [0, 0.1) is 0 Å². The first-order valence-corrected chi connectivity index (χ1v) is 12.2. The zero-order chi connectivity index (χ0) is 20.9. The molecule has 1 aromatic carbocycles. The fourth-order valence-electron chi connectivity index (χ4n) is 4.33. The van der Waals surface area contributed by atoms with Crippen LogP contribution in [0.2, 0.25) is 0 Å². The summed E-state index contributed by atoms with van der Waals surface area (Å²) in [5.74, 6) is 0. The van der Waals surface area contributed by atoms with Crippen molar-refractivity contribution >= 4 is 21.7 Å². The molecule has 3 rings (SSSR count). The first-order valence-electron chi connectivity index (χ1n) is 10.8. The van der Waals surface area contributed by atoms with E-state index in [4.69, 9.17) is 0 Å². The maximum atomic E-state index is 13.2. The number of amides is 2. The highest BCUT2D eigenvalue weighted by Crippen LogP contribution is 2.29. The van der Waals surface area contributed by atoms with E-state index in [2.05, 4.69) is 22.5 Å². The van der Waals surface area contributed by atoms with Crippen LogP contribution in [0.4, 0.5) is 10.5 Å².